The molecule has 102 valence electrons. The third-order valence-electron chi connectivity index (χ3n) is 3.87. The first-order valence-corrected chi connectivity index (χ1v) is 6.57. The van der Waals surface area contributed by atoms with Crippen molar-refractivity contribution >= 4 is 11.9 Å². The monoisotopic (exact) mass is 261 g/mol. The number of aryl methyl sites for hydroxylation is 1. The quantitative estimate of drug-likeness (QED) is 0.850. The van der Waals surface area contributed by atoms with Crippen LogP contribution in [-0.2, 0) is 16.0 Å². The van der Waals surface area contributed by atoms with Crippen molar-refractivity contribution in [2.24, 2.45) is 5.41 Å². The smallest absolute Gasteiger partial charge is 0.311 e. The highest BCUT2D eigenvalue weighted by molar-refractivity contribution is 5.81. The lowest BCUT2D eigenvalue weighted by molar-refractivity contribution is -0.154. The molecule has 0 saturated heterocycles. The summed E-state index contributed by atoms with van der Waals surface area (Å²) in [5.74, 6) is -0.911. The van der Waals surface area contributed by atoms with E-state index in [-0.39, 0.29) is 12.5 Å². The van der Waals surface area contributed by atoms with E-state index in [0.717, 1.165) is 17.5 Å². The summed E-state index contributed by atoms with van der Waals surface area (Å²) >= 11 is 0. The van der Waals surface area contributed by atoms with Gasteiger partial charge < -0.3 is 10.4 Å². The third kappa shape index (κ3) is 3.13. The molecule has 2 N–H and O–H groups in total. The summed E-state index contributed by atoms with van der Waals surface area (Å²) in [6.45, 7) is 2.24. The van der Waals surface area contributed by atoms with Gasteiger partial charge in [0.15, 0.2) is 0 Å². The number of carbonyl (C=O) groups excluding carboxylic acids is 1. The van der Waals surface area contributed by atoms with Crippen LogP contribution in [0.1, 0.15) is 30.4 Å². The highest BCUT2D eigenvalue weighted by Gasteiger charge is 2.44. The fourth-order valence-electron chi connectivity index (χ4n) is 2.29. The second-order valence-corrected chi connectivity index (χ2v) is 5.38. The van der Waals surface area contributed by atoms with Gasteiger partial charge in [0.2, 0.25) is 5.91 Å². The maximum absolute atomic E-state index is 11.8. The molecule has 1 aromatic carbocycles. The Morgan fingerprint density at radius 3 is 2.37 bits per heavy atom. The minimum Gasteiger partial charge on any atom is -0.481 e. The van der Waals surface area contributed by atoms with Crippen molar-refractivity contribution in [3.05, 3.63) is 35.4 Å². The number of rotatable bonds is 5. The molecule has 1 amide bonds. The van der Waals surface area contributed by atoms with Gasteiger partial charge in [0.25, 0.3) is 0 Å². The van der Waals surface area contributed by atoms with Crippen LogP contribution in [0.2, 0.25) is 0 Å². The fourth-order valence-corrected chi connectivity index (χ4v) is 2.29. The topological polar surface area (TPSA) is 66.4 Å². The van der Waals surface area contributed by atoms with E-state index in [1.54, 1.807) is 0 Å². The van der Waals surface area contributed by atoms with Gasteiger partial charge in [0, 0.05) is 6.54 Å². The van der Waals surface area contributed by atoms with E-state index in [9.17, 15) is 9.59 Å². The Bertz CT molecular complexity index is 475. The summed E-state index contributed by atoms with van der Waals surface area (Å²) in [7, 11) is 0. The van der Waals surface area contributed by atoms with E-state index < -0.39 is 11.4 Å². The van der Waals surface area contributed by atoms with E-state index in [2.05, 4.69) is 5.32 Å². The number of benzene rings is 1. The standard InChI is InChI=1S/C15H19NO3/c1-11-3-5-12(6-4-11)9-13(17)16-10-15(14(18)19)7-2-8-15/h3-6H,2,7-10H2,1H3,(H,16,17)(H,18,19). The summed E-state index contributed by atoms with van der Waals surface area (Å²) in [6, 6.07) is 7.77. The minimum absolute atomic E-state index is 0.114. The zero-order valence-corrected chi connectivity index (χ0v) is 11.1. The highest BCUT2D eigenvalue weighted by Crippen LogP contribution is 2.40. The van der Waals surface area contributed by atoms with Crippen molar-refractivity contribution in [1.29, 1.82) is 0 Å². The predicted octanol–water partition coefficient (Wildman–Crippen LogP) is 1.91. The first-order chi connectivity index (χ1) is 9.02. The van der Waals surface area contributed by atoms with E-state index in [4.69, 9.17) is 5.11 Å². The molecule has 1 aliphatic rings. The summed E-state index contributed by atoms with van der Waals surface area (Å²) in [5.41, 5.74) is 1.38. The van der Waals surface area contributed by atoms with Crippen LogP contribution in [0.15, 0.2) is 24.3 Å². The summed E-state index contributed by atoms with van der Waals surface area (Å²) in [5, 5.41) is 11.9. The Hall–Kier alpha value is -1.84. The van der Waals surface area contributed by atoms with Crippen LogP contribution in [0.5, 0.6) is 0 Å². The van der Waals surface area contributed by atoms with E-state index >= 15 is 0 Å². The molecule has 0 aliphatic heterocycles. The van der Waals surface area contributed by atoms with Crippen molar-refractivity contribution in [2.45, 2.75) is 32.6 Å². The van der Waals surface area contributed by atoms with Gasteiger partial charge in [-0.25, -0.2) is 0 Å². The van der Waals surface area contributed by atoms with Crippen LogP contribution in [0, 0.1) is 12.3 Å². The molecule has 1 aromatic rings. The Labute approximate surface area is 112 Å². The van der Waals surface area contributed by atoms with Crippen molar-refractivity contribution in [3.8, 4) is 0 Å². The van der Waals surface area contributed by atoms with E-state index in [0.29, 0.717) is 19.3 Å². The number of carboxylic acid groups (broad SMARTS) is 1. The molecule has 4 nitrogen and oxygen atoms in total. The van der Waals surface area contributed by atoms with Crippen LogP contribution >= 0.6 is 0 Å². The molecule has 0 unspecified atom stereocenters. The Kier molecular flexibility index (Phi) is 3.88. The summed E-state index contributed by atoms with van der Waals surface area (Å²) in [6.07, 6.45) is 2.55. The molecule has 0 heterocycles. The van der Waals surface area contributed by atoms with Crippen LogP contribution in [0.3, 0.4) is 0 Å². The van der Waals surface area contributed by atoms with Crippen LogP contribution < -0.4 is 5.32 Å². The molecule has 1 saturated carbocycles. The number of carbonyl (C=O) groups is 2. The van der Waals surface area contributed by atoms with Crippen molar-refractivity contribution in [3.63, 3.8) is 0 Å². The Morgan fingerprint density at radius 2 is 1.89 bits per heavy atom. The first-order valence-electron chi connectivity index (χ1n) is 6.57. The molecular weight excluding hydrogens is 242 g/mol. The number of nitrogens with one attached hydrogen (secondary N) is 1. The van der Waals surface area contributed by atoms with Gasteiger partial charge in [-0.05, 0) is 25.3 Å². The first kappa shape index (κ1) is 13.6. The van der Waals surface area contributed by atoms with Gasteiger partial charge in [0.1, 0.15) is 0 Å². The maximum atomic E-state index is 11.8. The molecule has 0 spiro atoms. The average molecular weight is 261 g/mol. The number of carboxylic acids is 1. The largest absolute Gasteiger partial charge is 0.481 e. The molecule has 19 heavy (non-hydrogen) atoms. The molecule has 1 aliphatic carbocycles. The molecule has 4 heteroatoms. The second-order valence-electron chi connectivity index (χ2n) is 5.38. The molecular formula is C15H19NO3. The second kappa shape index (κ2) is 5.43. The molecule has 0 bridgehead atoms. The molecule has 0 atom stereocenters. The zero-order valence-electron chi connectivity index (χ0n) is 11.1. The van der Waals surface area contributed by atoms with Crippen molar-refractivity contribution in [2.75, 3.05) is 6.54 Å². The lowest BCUT2D eigenvalue weighted by Gasteiger charge is -2.37. The van der Waals surface area contributed by atoms with Gasteiger partial charge in [-0.1, -0.05) is 36.2 Å². The van der Waals surface area contributed by atoms with Gasteiger partial charge >= 0.3 is 5.97 Å². The lowest BCUT2D eigenvalue weighted by Crippen LogP contribution is -2.47. The van der Waals surface area contributed by atoms with Gasteiger partial charge in [0.05, 0.1) is 11.8 Å². The summed E-state index contributed by atoms with van der Waals surface area (Å²) in [4.78, 5) is 23.0. The van der Waals surface area contributed by atoms with Crippen LogP contribution in [-0.4, -0.2) is 23.5 Å². The Balaban J connectivity index is 1.85. The molecule has 2 rings (SSSR count). The maximum Gasteiger partial charge on any atom is 0.311 e. The normalized spacial score (nSPS) is 16.5. The van der Waals surface area contributed by atoms with Gasteiger partial charge in [-0.15, -0.1) is 0 Å². The number of hydrogen-bond donors (Lipinski definition) is 2. The summed E-state index contributed by atoms with van der Waals surface area (Å²) < 4.78 is 0. The number of aliphatic carboxylic acids is 1. The van der Waals surface area contributed by atoms with Crippen LogP contribution in [0.25, 0.3) is 0 Å². The van der Waals surface area contributed by atoms with Crippen molar-refractivity contribution in [1.82, 2.24) is 5.32 Å². The SMILES string of the molecule is Cc1ccc(CC(=O)NCC2(C(=O)O)CCC2)cc1. The number of amides is 1. The molecule has 0 aromatic heterocycles. The van der Waals surface area contributed by atoms with Gasteiger partial charge in [-0.2, -0.15) is 0 Å². The Morgan fingerprint density at radius 1 is 1.26 bits per heavy atom. The number of hydrogen-bond acceptors (Lipinski definition) is 2. The van der Waals surface area contributed by atoms with Gasteiger partial charge in [-0.3, -0.25) is 9.59 Å². The minimum atomic E-state index is -0.797. The lowest BCUT2D eigenvalue weighted by atomic mass is 9.69. The highest BCUT2D eigenvalue weighted by atomic mass is 16.4. The molecule has 0 radical (unpaired) electrons. The van der Waals surface area contributed by atoms with Crippen molar-refractivity contribution < 1.29 is 14.7 Å². The van der Waals surface area contributed by atoms with E-state index in [1.807, 2.05) is 31.2 Å². The van der Waals surface area contributed by atoms with Crippen LogP contribution in [0.4, 0.5) is 0 Å². The average Bonchev–Trinajstić information content (AvgIpc) is 2.30. The predicted molar refractivity (Wildman–Crippen MR) is 71.8 cm³/mol. The van der Waals surface area contributed by atoms with E-state index in [1.165, 1.54) is 0 Å². The fraction of sp³-hybridized carbons (Fsp3) is 0.467. The molecule has 1 fully saturated rings. The zero-order chi connectivity index (χ0) is 13.9. The third-order valence-corrected chi connectivity index (χ3v) is 3.87.